The molecular formula is C16H33N3O2. The summed E-state index contributed by atoms with van der Waals surface area (Å²) in [7, 11) is 5.73. The van der Waals surface area contributed by atoms with E-state index in [9.17, 15) is 4.79 Å². The quantitative estimate of drug-likeness (QED) is 0.716. The Labute approximate surface area is 130 Å². The lowest BCUT2D eigenvalue weighted by Crippen LogP contribution is -2.60. The number of esters is 1. The summed E-state index contributed by atoms with van der Waals surface area (Å²) in [6.07, 6.45) is 2.41. The molecule has 0 spiro atoms. The number of carbonyl (C=O) groups excluding carboxylic acids is 1. The predicted octanol–water partition coefficient (Wildman–Crippen LogP) is 1.19. The summed E-state index contributed by atoms with van der Waals surface area (Å²) < 4.78 is 5.00. The van der Waals surface area contributed by atoms with E-state index in [2.05, 4.69) is 43.1 Å². The van der Waals surface area contributed by atoms with Crippen LogP contribution in [0.4, 0.5) is 0 Å². The van der Waals surface area contributed by atoms with Crippen molar-refractivity contribution in [2.45, 2.75) is 45.2 Å². The first kappa shape index (κ1) is 18.4. The molecule has 1 N–H and O–H groups in total. The van der Waals surface area contributed by atoms with E-state index < -0.39 is 5.54 Å². The van der Waals surface area contributed by atoms with Gasteiger partial charge in [0.25, 0.3) is 0 Å². The van der Waals surface area contributed by atoms with Gasteiger partial charge in [-0.25, -0.2) is 0 Å². The second kappa shape index (κ2) is 8.11. The fourth-order valence-electron chi connectivity index (χ4n) is 3.32. The van der Waals surface area contributed by atoms with Gasteiger partial charge in [0, 0.05) is 19.1 Å². The fraction of sp³-hybridized carbons (Fsp3) is 0.938. The molecule has 1 atom stereocenters. The summed E-state index contributed by atoms with van der Waals surface area (Å²) in [6, 6.07) is 0.250. The maximum atomic E-state index is 12.1. The molecule has 1 saturated heterocycles. The molecule has 1 unspecified atom stereocenters. The van der Waals surface area contributed by atoms with Gasteiger partial charge in [-0.3, -0.25) is 10.1 Å². The normalized spacial score (nSPS) is 20.8. The molecule has 1 aliphatic heterocycles. The van der Waals surface area contributed by atoms with Gasteiger partial charge >= 0.3 is 5.97 Å². The number of methoxy groups -OCH3 is 1. The second-order valence-corrected chi connectivity index (χ2v) is 7.10. The molecule has 21 heavy (non-hydrogen) atoms. The van der Waals surface area contributed by atoms with E-state index in [4.69, 9.17) is 4.74 Å². The van der Waals surface area contributed by atoms with Crippen LogP contribution in [-0.4, -0.2) is 74.7 Å². The molecule has 1 heterocycles. The highest BCUT2D eigenvalue weighted by molar-refractivity contribution is 5.80. The Morgan fingerprint density at radius 1 is 1.38 bits per heavy atom. The number of hydrogen-bond donors (Lipinski definition) is 1. The number of nitrogens with zero attached hydrogens (tertiary/aromatic N) is 2. The van der Waals surface area contributed by atoms with E-state index >= 15 is 0 Å². The molecule has 0 aromatic rings. The third-order valence-electron chi connectivity index (χ3n) is 4.11. The molecule has 0 saturated carbocycles. The fourth-order valence-corrected chi connectivity index (χ4v) is 3.32. The summed E-state index contributed by atoms with van der Waals surface area (Å²) in [5, 5.41) is 3.37. The Balaban J connectivity index is 2.55. The minimum Gasteiger partial charge on any atom is -0.468 e. The van der Waals surface area contributed by atoms with Crippen LogP contribution < -0.4 is 5.32 Å². The van der Waals surface area contributed by atoms with Gasteiger partial charge in [-0.2, -0.15) is 0 Å². The minimum absolute atomic E-state index is 0.174. The molecular weight excluding hydrogens is 266 g/mol. The Morgan fingerprint density at radius 2 is 1.95 bits per heavy atom. The number of rotatable bonds is 7. The number of nitrogens with one attached hydrogen (secondary N) is 1. The van der Waals surface area contributed by atoms with E-state index in [1.54, 1.807) is 0 Å². The van der Waals surface area contributed by atoms with Crippen LogP contribution >= 0.6 is 0 Å². The number of ether oxygens (including phenoxy) is 1. The van der Waals surface area contributed by atoms with Crippen molar-refractivity contribution < 1.29 is 9.53 Å². The van der Waals surface area contributed by atoms with Crippen LogP contribution in [0.5, 0.6) is 0 Å². The summed E-state index contributed by atoms with van der Waals surface area (Å²) >= 11 is 0. The molecule has 1 fully saturated rings. The van der Waals surface area contributed by atoms with Crippen molar-refractivity contribution in [2.75, 3.05) is 47.4 Å². The van der Waals surface area contributed by atoms with Gasteiger partial charge < -0.3 is 14.5 Å². The molecule has 1 aliphatic rings. The third kappa shape index (κ3) is 5.93. The SMILES string of the molecule is COC(=O)C(C)(CN1CCC(CN(C)C)CC1)NC(C)C. The van der Waals surface area contributed by atoms with Crippen molar-refractivity contribution in [1.29, 1.82) is 0 Å². The first-order valence-corrected chi connectivity index (χ1v) is 8.00. The Kier molecular flexibility index (Phi) is 7.10. The second-order valence-electron chi connectivity index (χ2n) is 7.10. The zero-order valence-corrected chi connectivity index (χ0v) is 14.6. The molecule has 0 aromatic carbocycles. The average Bonchev–Trinajstić information content (AvgIpc) is 2.38. The molecule has 5 heteroatoms. The molecule has 0 radical (unpaired) electrons. The molecule has 0 aromatic heterocycles. The Bertz CT molecular complexity index is 325. The summed E-state index contributed by atoms with van der Waals surface area (Å²) in [5.41, 5.74) is -0.628. The van der Waals surface area contributed by atoms with Crippen LogP contribution in [0, 0.1) is 5.92 Å². The first-order valence-electron chi connectivity index (χ1n) is 8.00. The zero-order valence-electron chi connectivity index (χ0n) is 14.6. The number of likely N-dealkylation sites (tertiary alicyclic amines) is 1. The lowest BCUT2D eigenvalue weighted by molar-refractivity contribution is -0.149. The molecule has 124 valence electrons. The third-order valence-corrected chi connectivity index (χ3v) is 4.11. The van der Waals surface area contributed by atoms with E-state index in [0.29, 0.717) is 6.54 Å². The molecule has 5 nitrogen and oxygen atoms in total. The van der Waals surface area contributed by atoms with E-state index in [-0.39, 0.29) is 12.0 Å². The standard InChI is InChI=1S/C16H33N3O2/c1-13(2)17-16(3,15(20)21-6)12-19-9-7-14(8-10-19)11-18(4)5/h13-14,17H,7-12H2,1-6H3. The van der Waals surface area contributed by atoms with Gasteiger partial charge in [0.15, 0.2) is 0 Å². The van der Waals surface area contributed by atoms with E-state index in [1.165, 1.54) is 20.0 Å². The van der Waals surface area contributed by atoms with E-state index in [0.717, 1.165) is 25.6 Å². The van der Waals surface area contributed by atoms with Crippen LogP contribution in [0.15, 0.2) is 0 Å². The van der Waals surface area contributed by atoms with Crippen LogP contribution in [-0.2, 0) is 9.53 Å². The van der Waals surface area contributed by atoms with Crippen LogP contribution in [0.1, 0.15) is 33.6 Å². The maximum Gasteiger partial charge on any atom is 0.327 e. The van der Waals surface area contributed by atoms with Crippen molar-refractivity contribution >= 4 is 5.97 Å². The largest absolute Gasteiger partial charge is 0.468 e. The maximum absolute atomic E-state index is 12.1. The van der Waals surface area contributed by atoms with Gasteiger partial charge in [0.05, 0.1) is 7.11 Å². The van der Waals surface area contributed by atoms with Crippen molar-refractivity contribution in [3.8, 4) is 0 Å². The molecule has 1 rings (SSSR count). The smallest absolute Gasteiger partial charge is 0.327 e. The monoisotopic (exact) mass is 299 g/mol. The van der Waals surface area contributed by atoms with Crippen LogP contribution in [0.3, 0.4) is 0 Å². The summed E-state index contributed by atoms with van der Waals surface area (Å²) in [5.74, 6) is 0.602. The van der Waals surface area contributed by atoms with Gasteiger partial charge in [-0.05, 0) is 66.7 Å². The van der Waals surface area contributed by atoms with Crippen molar-refractivity contribution in [2.24, 2.45) is 5.92 Å². The van der Waals surface area contributed by atoms with Gasteiger partial charge in [0.1, 0.15) is 5.54 Å². The molecule has 0 aliphatic carbocycles. The summed E-state index contributed by atoms with van der Waals surface area (Å²) in [4.78, 5) is 16.8. The molecule has 0 amide bonds. The Hall–Kier alpha value is -0.650. The number of piperidine rings is 1. The van der Waals surface area contributed by atoms with Gasteiger partial charge in [0.2, 0.25) is 0 Å². The lowest BCUT2D eigenvalue weighted by Gasteiger charge is -2.39. The minimum atomic E-state index is -0.628. The first-order chi connectivity index (χ1) is 9.76. The highest BCUT2D eigenvalue weighted by Gasteiger charge is 2.37. The number of carbonyl (C=O) groups is 1. The lowest BCUT2D eigenvalue weighted by atomic mass is 9.93. The van der Waals surface area contributed by atoms with Gasteiger partial charge in [-0.1, -0.05) is 0 Å². The predicted molar refractivity (Wildman–Crippen MR) is 86.4 cm³/mol. The topological polar surface area (TPSA) is 44.8 Å². The highest BCUT2D eigenvalue weighted by Crippen LogP contribution is 2.20. The van der Waals surface area contributed by atoms with Crippen molar-refractivity contribution in [3.05, 3.63) is 0 Å². The molecule has 0 bridgehead atoms. The van der Waals surface area contributed by atoms with E-state index in [1.807, 2.05) is 6.92 Å². The van der Waals surface area contributed by atoms with Crippen LogP contribution in [0.25, 0.3) is 0 Å². The van der Waals surface area contributed by atoms with Crippen molar-refractivity contribution in [1.82, 2.24) is 15.1 Å². The number of hydrogen-bond acceptors (Lipinski definition) is 5. The highest BCUT2D eigenvalue weighted by atomic mass is 16.5. The average molecular weight is 299 g/mol. The zero-order chi connectivity index (χ0) is 16.0. The summed E-state index contributed by atoms with van der Waals surface area (Å²) in [6.45, 7) is 10.1. The van der Waals surface area contributed by atoms with Crippen LogP contribution in [0.2, 0.25) is 0 Å². The Morgan fingerprint density at radius 3 is 2.38 bits per heavy atom. The van der Waals surface area contributed by atoms with Crippen molar-refractivity contribution in [3.63, 3.8) is 0 Å². The van der Waals surface area contributed by atoms with Gasteiger partial charge in [-0.15, -0.1) is 0 Å².